The molecule has 2 atom stereocenters. The fourth-order valence-electron chi connectivity index (χ4n) is 5.29. The number of pyridine rings is 2. The van der Waals surface area contributed by atoms with Gasteiger partial charge in [-0.15, -0.1) is 0 Å². The fraction of sp³-hybridized carbons (Fsp3) is 0.393. The summed E-state index contributed by atoms with van der Waals surface area (Å²) in [6.45, 7) is 5.56. The number of nitrogens with one attached hydrogen (secondary N) is 1. The summed E-state index contributed by atoms with van der Waals surface area (Å²) < 4.78 is 57.2. The molecular weight excluding hydrogens is 563 g/mol. The van der Waals surface area contributed by atoms with E-state index in [1.807, 2.05) is 13.8 Å². The normalized spacial score (nSPS) is 21.1. The minimum Gasteiger partial charge on any atom is -0.475 e. The van der Waals surface area contributed by atoms with Gasteiger partial charge in [0.25, 0.3) is 0 Å². The standard InChI is InChI=1S/C28H27ClF3N5O4/c1-27(2)40-15-19(41-27)14-39-23-8-4-7-22(33-23)34-26(38)37-18-9-10-36(13-18)21-12-20(29)24(35-25(21)37)16-5-3-6-17(11-16)28(30,31)32/h3-8,11-12,18-19H,9-10,13-15H2,1-2H3,(H,33,34,38). The molecule has 3 aromatic rings. The number of hydrogen-bond acceptors (Lipinski definition) is 7. The van der Waals surface area contributed by atoms with E-state index < -0.39 is 23.6 Å². The number of carbonyl (C=O) groups is 1. The van der Waals surface area contributed by atoms with E-state index in [2.05, 4.69) is 20.2 Å². The largest absolute Gasteiger partial charge is 0.475 e. The second-order valence-electron chi connectivity index (χ2n) is 10.6. The van der Waals surface area contributed by atoms with Crippen molar-refractivity contribution in [3.8, 4) is 17.1 Å². The molecule has 13 heteroatoms. The first-order chi connectivity index (χ1) is 19.5. The van der Waals surface area contributed by atoms with E-state index in [9.17, 15) is 18.0 Å². The quantitative estimate of drug-likeness (QED) is 0.392. The highest BCUT2D eigenvalue weighted by Crippen LogP contribution is 2.44. The monoisotopic (exact) mass is 589 g/mol. The zero-order valence-electron chi connectivity index (χ0n) is 22.2. The van der Waals surface area contributed by atoms with Crippen LogP contribution in [0.25, 0.3) is 11.3 Å². The molecule has 2 unspecified atom stereocenters. The number of urea groups is 1. The van der Waals surface area contributed by atoms with Crippen LogP contribution in [0.1, 0.15) is 25.8 Å². The van der Waals surface area contributed by atoms with Crippen molar-refractivity contribution in [1.29, 1.82) is 0 Å². The minimum absolute atomic E-state index is 0.159. The summed E-state index contributed by atoms with van der Waals surface area (Å²) in [6, 6.07) is 10.8. The Balaban J connectivity index is 1.25. The lowest BCUT2D eigenvalue weighted by molar-refractivity contribution is -0.141. The number of nitrogens with zero attached hydrogens (tertiary/aromatic N) is 4. The van der Waals surface area contributed by atoms with E-state index in [0.717, 1.165) is 12.1 Å². The Morgan fingerprint density at radius 1 is 1.20 bits per heavy atom. The maximum Gasteiger partial charge on any atom is 0.416 e. The molecule has 2 aromatic heterocycles. The SMILES string of the molecule is CC1(C)OCC(COc2cccc(NC(=O)N3c4nc(-c5cccc(C(F)(F)F)c5)c(Cl)cc4N4CCC3C4)n2)O1. The molecule has 0 aliphatic carbocycles. The van der Waals surface area contributed by atoms with Crippen molar-refractivity contribution in [3.05, 3.63) is 59.1 Å². The Bertz CT molecular complexity index is 1490. The number of ether oxygens (including phenoxy) is 3. The predicted molar refractivity (Wildman–Crippen MR) is 146 cm³/mol. The van der Waals surface area contributed by atoms with E-state index in [-0.39, 0.29) is 40.9 Å². The van der Waals surface area contributed by atoms with Crippen molar-refractivity contribution < 1.29 is 32.2 Å². The lowest BCUT2D eigenvalue weighted by Crippen LogP contribution is -2.48. The summed E-state index contributed by atoms with van der Waals surface area (Å²) in [6.07, 6.45) is -4.08. The van der Waals surface area contributed by atoms with Crippen LogP contribution in [0.2, 0.25) is 5.02 Å². The minimum atomic E-state index is -4.52. The van der Waals surface area contributed by atoms with Crippen LogP contribution in [-0.4, -0.2) is 60.2 Å². The topological polar surface area (TPSA) is 89.1 Å². The number of carbonyl (C=O) groups excluding carboxylic acids is 1. The molecule has 41 heavy (non-hydrogen) atoms. The van der Waals surface area contributed by atoms with Gasteiger partial charge in [-0.1, -0.05) is 29.8 Å². The van der Waals surface area contributed by atoms with Crippen LogP contribution in [0.3, 0.4) is 0 Å². The summed E-state index contributed by atoms with van der Waals surface area (Å²) in [5.74, 6) is 0.225. The number of amides is 2. The van der Waals surface area contributed by atoms with Gasteiger partial charge in [-0.3, -0.25) is 10.2 Å². The number of fused-ring (bicyclic) bond motifs is 4. The van der Waals surface area contributed by atoms with Crippen LogP contribution in [0, 0.1) is 0 Å². The number of hydrogen-bond donors (Lipinski definition) is 1. The van der Waals surface area contributed by atoms with E-state index in [4.69, 9.17) is 25.8 Å². The van der Waals surface area contributed by atoms with Crippen molar-refractivity contribution in [2.45, 2.75) is 44.4 Å². The molecule has 1 N–H and O–H groups in total. The lowest BCUT2D eigenvalue weighted by Gasteiger charge is -2.36. The van der Waals surface area contributed by atoms with Gasteiger partial charge >= 0.3 is 12.2 Å². The average molecular weight is 590 g/mol. The third-order valence-electron chi connectivity index (χ3n) is 7.16. The van der Waals surface area contributed by atoms with Gasteiger partial charge in [0.05, 0.1) is 34.6 Å². The Morgan fingerprint density at radius 2 is 2.00 bits per heavy atom. The molecule has 3 aliphatic rings. The van der Waals surface area contributed by atoms with Crippen LogP contribution in [0.5, 0.6) is 5.88 Å². The second-order valence-corrected chi connectivity index (χ2v) is 11.0. The molecular formula is C28H27ClF3N5O4. The Hall–Kier alpha value is -3.61. The Labute approximate surface area is 239 Å². The molecule has 0 saturated carbocycles. The van der Waals surface area contributed by atoms with Gasteiger partial charge in [0.2, 0.25) is 5.88 Å². The molecule has 3 aliphatic heterocycles. The highest BCUT2D eigenvalue weighted by atomic mass is 35.5. The summed E-state index contributed by atoms with van der Waals surface area (Å²) >= 11 is 6.53. The molecule has 9 nitrogen and oxygen atoms in total. The predicted octanol–water partition coefficient (Wildman–Crippen LogP) is 5.98. The van der Waals surface area contributed by atoms with Crippen molar-refractivity contribution in [2.75, 3.05) is 41.4 Å². The molecule has 2 saturated heterocycles. The zero-order valence-corrected chi connectivity index (χ0v) is 23.0. The first-order valence-corrected chi connectivity index (χ1v) is 13.5. The molecule has 6 rings (SSSR count). The van der Waals surface area contributed by atoms with Gasteiger partial charge in [0, 0.05) is 24.7 Å². The van der Waals surface area contributed by atoms with E-state index in [0.29, 0.717) is 43.5 Å². The number of halogens is 4. The van der Waals surface area contributed by atoms with Crippen LogP contribution < -0.4 is 19.9 Å². The van der Waals surface area contributed by atoms with Gasteiger partial charge in [-0.05, 0) is 44.5 Å². The third-order valence-corrected chi connectivity index (χ3v) is 7.45. The maximum atomic E-state index is 13.6. The Morgan fingerprint density at radius 3 is 2.76 bits per heavy atom. The molecule has 0 spiro atoms. The van der Waals surface area contributed by atoms with Gasteiger partial charge < -0.3 is 19.1 Å². The average Bonchev–Trinajstić information content (AvgIpc) is 3.50. The number of rotatable bonds is 5. The van der Waals surface area contributed by atoms with Crippen LogP contribution in [0.15, 0.2) is 48.5 Å². The molecule has 5 heterocycles. The van der Waals surface area contributed by atoms with Gasteiger partial charge in [0.15, 0.2) is 11.6 Å². The molecule has 0 radical (unpaired) electrons. The van der Waals surface area contributed by atoms with Crippen LogP contribution >= 0.6 is 11.6 Å². The highest BCUT2D eigenvalue weighted by Gasteiger charge is 2.41. The van der Waals surface area contributed by atoms with E-state index >= 15 is 0 Å². The van der Waals surface area contributed by atoms with Crippen molar-refractivity contribution in [2.24, 2.45) is 0 Å². The Kier molecular flexibility index (Phi) is 6.95. The van der Waals surface area contributed by atoms with Crippen LogP contribution in [0.4, 0.5) is 35.3 Å². The van der Waals surface area contributed by atoms with Crippen molar-refractivity contribution >= 4 is 35.0 Å². The fourth-order valence-corrected chi connectivity index (χ4v) is 5.54. The highest BCUT2D eigenvalue weighted by molar-refractivity contribution is 6.33. The van der Waals surface area contributed by atoms with Crippen molar-refractivity contribution in [1.82, 2.24) is 9.97 Å². The van der Waals surface area contributed by atoms with Gasteiger partial charge in [0.1, 0.15) is 18.5 Å². The zero-order chi connectivity index (χ0) is 28.9. The molecule has 2 bridgehead atoms. The van der Waals surface area contributed by atoms with Gasteiger partial charge in [-0.25, -0.2) is 9.78 Å². The summed E-state index contributed by atoms with van der Waals surface area (Å²) in [5, 5.41) is 3.01. The molecule has 1 aromatic carbocycles. The second kappa shape index (κ2) is 10.3. The number of benzene rings is 1. The van der Waals surface area contributed by atoms with Gasteiger partial charge in [-0.2, -0.15) is 18.2 Å². The molecule has 2 fully saturated rings. The first-order valence-electron chi connectivity index (χ1n) is 13.1. The lowest BCUT2D eigenvalue weighted by atomic mass is 10.1. The summed E-state index contributed by atoms with van der Waals surface area (Å²) in [4.78, 5) is 26.3. The van der Waals surface area contributed by atoms with E-state index in [1.165, 1.54) is 17.0 Å². The van der Waals surface area contributed by atoms with Crippen LogP contribution in [-0.2, 0) is 15.7 Å². The third kappa shape index (κ3) is 5.64. The molecule has 2 amide bonds. The van der Waals surface area contributed by atoms with Crippen molar-refractivity contribution in [3.63, 3.8) is 0 Å². The summed E-state index contributed by atoms with van der Waals surface area (Å²) in [5.41, 5.74) is 0.188. The number of alkyl halides is 3. The first kappa shape index (κ1) is 27.6. The van der Waals surface area contributed by atoms with E-state index in [1.54, 1.807) is 24.3 Å². The summed E-state index contributed by atoms with van der Waals surface area (Å²) in [7, 11) is 0. The smallest absolute Gasteiger partial charge is 0.416 e. The maximum absolute atomic E-state index is 13.6. The number of anilines is 3. The molecule has 216 valence electrons. The number of aromatic nitrogens is 2.